The van der Waals surface area contributed by atoms with Gasteiger partial charge in [-0.25, -0.2) is 14.4 Å². The van der Waals surface area contributed by atoms with E-state index in [1.165, 1.54) is 29.7 Å². The Hall–Kier alpha value is -3.48. The first-order valence-corrected chi connectivity index (χ1v) is 9.54. The number of nitrogens with one attached hydrogen (secondary N) is 1. The van der Waals surface area contributed by atoms with Gasteiger partial charge in [0.25, 0.3) is 5.91 Å². The van der Waals surface area contributed by atoms with Crippen molar-refractivity contribution in [3.8, 4) is 0 Å². The zero-order valence-electron chi connectivity index (χ0n) is 16.2. The van der Waals surface area contributed by atoms with Crippen molar-refractivity contribution < 1.29 is 9.18 Å². The number of benzene rings is 2. The van der Waals surface area contributed by atoms with Crippen molar-refractivity contribution >= 4 is 23.1 Å². The number of halogens is 1. The molecule has 1 saturated heterocycles. The number of rotatable bonds is 4. The molecule has 1 N–H and O–H groups in total. The molecule has 0 radical (unpaired) electrons. The third-order valence-corrected chi connectivity index (χ3v) is 4.98. The fraction of sp³-hybridized carbons (Fsp3) is 0.227. The summed E-state index contributed by atoms with van der Waals surface area (Å²) in [5.41, 5.74) is 2.80. The molecule has 0 aliphatic carbocycles. The van der Waals surface area contributed by atoms with Crippen LogP contribution >= 0.6 is 0 Å². The monoisotopic (exact) mass is 391 g/mol. The van der Waals surface area contributed by atoms with Gasteiger partial charge in [-0.15, -0.1) is 0 Å². The Morgan fingerprint density at radius 2 is 1.72 bits per heavy atom. The molecule has 29 heavy (non-hydrogen) atoms. The topological polar surface area (TPSA) is 61.4 Å². The van der Waals surface area contributed by atoms with E-state index < -0.39 is 11.7 Å². The van der Waals surface area contributed by atoms with Crippen LogP contribution in [0, 0.1) is 12.7 Å². The molecule has 1 aliphatic rings. The Bertz CT molecular complexity index is 1020. The van der Waals surface area contributed by atoms with Gasteiger partial charge in [-0.3, -0.25) is 4.79 Å². The Balaban J connectivity index is 1.43. The van der Waals surface area contributed by atoms with Crippen molar-refractivity contribution in [2.45, 2.75) is 6.92 Å². The first-order chi connectivity index (χ1) is 14.1. The molecule has 4 rings (SSSR count). The number of hydrogen-bond acceptors (Lipinski definition) is 5. The van der Waals surface area contributed by atoms with E-state index in [1.54, 1.807) is 18.2 Å². The average Bonchev–Trinajstić information content (AvgIpc) is 2.75. The maximum Gasteiger partial charge on any atom is 0.274 e. The minimum Gasteiger partial charge on any atom is -0.368 e. The molecule has 1 aliphatic heterocycles. The first-order valence-electron chi connectivity index (χ1n) is 9.54. The molecule has 0 bridgehead atoms. The van der Waals surface area contributed by atoms with Gasteiger partial charge in [-0.05, 0) is 36.8 Å². The summed E-state index contributed by atoms with van der Waals surface area (Å²) in [6.07, 6.45) is 1.37. The average molecular weight is 391 g/mol. The number of aryl methyl sites for hydroxylation is 1. The van der Waals surface area contributed by atoms with Crippen LogP contribution < -0.4 is 15.1 Å². The molecular formula is C22H22FN5O. The van der Waals surface area contributed by atoms with Crippen molar-refractivity contribution in [1.29, 1.82) is 0 Å². The lowest BCUT2D eigenvalue weighted by molar-refractivity contribution is 0.102. The standard InChI is InChI=1S/C22H22FN5O/c1-16-5-4-6-17(13-16)27-9-11-28(12-10-27)21-14-20(24-15-25-21)22(29)26-19-8-3-2-7-18(19)23/h2-8,13-15H,9-12H2,1H3,(H,26,29). The molecule has 0 atom stereocenters. The molecular weight excluding hydrogens is 369 g/mol. The van der Waals surface area contributed by atoms with Gasteiger partial charge >= 0.3 is 0 Å². The number of amides is 1. The highest BCUT2D eigenvalue weighted by Gasteiger charge is 2.20. The Morgan fingerprint density at radius 1 is 0.966 bits per heavy atom. The summed E-state index contributed by atoms with van der Waals surface area (Å²) in [5.74, 6) is -0.248. The minimum absolute atomic E-state index is 0.129. The van der Waals surface area contributed by atoms with Crippen LogP contribution in [-0.2, 0) is 0 Å². The number of carbonyl (C=O) groups is 1. The second kappa shape index (κ2) is 8.26. The lowest BCUT2D eigenvalue weighted by Gasteiger charge is -2.36. The summed E-state index contributed by atoms with van der Waals surface area (Å²) >= 11 is 0. The number of aromatic nitrogens is 2. The molecule has 7 heteroatoms. The van der Waals surface area contributed by atoms with E-state index in [9.17, 15) is 9.18 Å². The molecule has 1 amide bonds. The van der Waals surface area contributed by atoms with E-state index in [0.29, 0.717) is 5.82 Å². The summed E-state index contributed by atoms with van der Waals surface area (Å²) in [7, 11) is 0. The lowest BCUT2D eigenvalue weighted by Crippen LogP contribution is -2.47. The normalized spacial score (nSPS) is 14.0. The predicted octanol–water partition coefficient (Wildman–Crippen LogP) is 3.50. The molecule has 0 unspecified atom stereocenters. The van der Waals surface area contributed by atoms with E-state index >= 15 is 0 Å². The molecule has 2 aromatic carbocycles. The summed E-state index contributed by atoms with van der Waals surface area (Å²) in [6.45, 7) is 5.40. The minimum atomic E-state index is -0.484. The SMILES string of the molecule is Cc1cccc(N2CCN(c3cc(C(=O)Nc4ccccc4F)ncn3)CC2)c1. The molecule has 148 valence electrons. The van der Waals surface area contributed by atoms with E-state index in [-0.39, 0.29) is 11.4 Å². The Morgan fingerprint density at radius 3 is 2.48 bits per heavy atom. The Labute approximate surface area is 169 Å². The van der Waals surface area contributed by atoms with Gasteiger partial charge in [0.15, 0.2) is 0 Å². The predicted molar refractivity (Wildman–Crippen MR) is 112 cm³/mol. The summed E-state index contributed by atoms with van der Waals surface area (Å²) < 4.78 is 13.8. The zero-order valence-corrected chi connectivity index (χ0v) is 16.2. The number of anilines is 3. The summed E-state index contributed by atoms with van der Waals surface area (Å²) in [5, 5.41) is 2.56. The van der Waals surface area contributed by atoms with E-state index in [1.807, 2.05) is 0 Å². The van der Waals surface area contributed by atoms with Crippen LogP contribution in [0.1, 0.15) is 16.1 Å². The van der Waals surface area contributed by atoms with Gasteiger partial charge < -0.3 is 15.1 Å². The van der Waals surface area contributed by atoms with E-state index in [2.05, 4.69) is 56.3 Å². The van der Waals surface area contributed by atoms with Gasteiger partial charge in [0.05, 0.1) is 5.69 Å². The highest BCUT2D eigenvalue weighted by Crippen LogP contribution is 2.21. The number of hydrogen-bond donors (Lipinski definition) is 1. The number of nitrogens with zero attached hydrogens (tertiary/aromatic N) is 4. The number of carbonyl (C=O) groups excluding carboxylic acids is 1. The maximum absolute atomic E-state index is 13.8. The van der Waals surface area contributed by atoms with Crippen LogP contribution in [0.4, 0.5) is 21.6 Å². The maximum atomic E-state index is 13.8. The van der Waals surface area contributed by atoms with Gasteiger partial charge in [-0.2, -0.15) is 0 Å². The van der Waals surface area contributed by atoms with Crippen LogP contribution in [-0.4, -0.2) is 42.1 Å². The fourth-order valence-electron chi connectivity index (χ4n) is 3.41. The van der Waals surface area contributed by atoms with Gasteiger partial charge in [0.1, 0.15) is 23.7 Å². The molecule has 0 spiro atoms. The summed E-state index contributed by atoms with van der Waals surface area (Å²) in [4.78, 5) is 25.3. The number of para-hydroxylation sites is 1. The van der Waals surface area contributed by atoms with Gasteiger partial charge in [-0.1, -0.05) is 24.3 Å². The van der Waals surface area contributed by atoms with Crippen molar-refractivity contribution in [2.75, 3.05) is 41.3 Å². The van der Waals surface area contributed by atoms with Crippen LogP contribution in [0.25, 0.3) is 0 Å². The van der Waals surface area contributed by atoms with Crippen LogP contribution in [0.3, 0.4) is 0 Å². The zero-order chi connectivity index (χ0) is 20.2. The van der Waals surface area contributed by atoms with Crippen LogP contribution in [0.2, 0.25) is 0 Å². The molecule has 1 fully saturated rings. The molecule has 2 heterocycles. The van der Waals surface area contributed by atoms with E-state index in [0.717, 1.165) is 26.2 Å². The molecule has 3 aromatic rings. The third-order valence-electron chi connectivity index (χ3n) is 4.98. The van der Waals surface area contributed by atoms with Crippen molar-refractivity contribution in [3.05, 3.63) is 78.0 Å². The molecule has 6 nitrogen and oxygen atoms in total. The highest BCUT2D eigenvalue weighted by molar-refractivity contribution is 6.03. The largest absolute Gasteiger partial charge is 0.368 e. The molecule has 1 aromatic heterocycles. The van der Waals surface area contributed by atoms with Crippen molar-refractivity contribution in [1.82, 2.24) is 9.97 Å². The third kappa shape index (κ3) is 4.34. The Kier molecular flexibility index (Phi) is 5.37. The smallest absolute Gasteiger partial charge is 0.274 e. The quantitative estimate of drug-likeness (QED) is 0.738. The fourth-order valence-corrected chi connectivity index (χ4v) is 3.41. The lowest BCUT2D eigenvalue weighted by atomic mass is 10.2. The van der Waals surface area contributed by atoms with Gasteiger partial charge in [0.2, 0.25) is 0 Å². The van der Waals surface area contributed by atoms with Crippen LogP contribution in [0.5, 0.6) is 0 Å². The number of piperazine rings is 1. The van der Waals surface area contributed by atoms with Gasteiger partial charge in [0, 0.05) is 37.9 Å². The first kappa shape index (κ1) is 18.9. The molecule has 0 saturated carbocycles. The second-order valence-electron chi connectivity index (χ2n) is 7.01. The second-order valence-corrected chi connectivity index (χ2v) is 7.01. The van der Waals surface area contributed by atoms with Crippen molar-refractivity contribution in [3.63, 3.8) is 0 Å². The van der Waals surface area contributed by atoms with E-state index in [4.69, 9.17) is 0 Å². The summed E-state index contributed by atoms with van der Waals surface area (Å²) in [6, 6.07) is 16.2. The van der Waals surface area contributed by atoms with Crippen molar-refractivity contribution in [2.24, 2.45) is 0 Å². The van der Waals surface area contributed by atoms with Crippen LogP contribution in [0.15, 0.2) is 60.9 Å². The highest BCUT2D eigenvalue weighted by atomic mass is 19.1.